The zero-order valence-electron chi connectivity index (χ0n) is 5.18. The van der Waals surface area contributed by atoms with E-state index in [4.69, 9.17) is 5.11 Å². The Balaban J connectivity index is 2.83. The summed E-state index contributed by atoms with van der Waals surface area (Å²) in [6, 6.07) is 0. The monoisotopic (exact) mass is 134 g/mol. The predicted octanol–water partition coefficient (Wildman–Crippen LogP) is -0.595. The fraction of sp³-hybridized carbons (Fsp3) is 0.750. The van der Waals surface area contributed by atoms with Gasteiger partial charge in [-0.1, -0.05) is 0 Å². The highest BCUT2D eigenvalue weighted by molar-refractivity contribution is 5.64. The van der Waals surface area contributed by atoms with Gasteiger partial charge in [0, 0.05) is 13.6 Å². The molecule has 0 aliphatic heterocycles. The van der Waals surface area contributed by atoms with Crippen LogP contribution in [0.1, 0.15) is 0 Å². The quantitative estimate of drug-likeness (QED) is 0.355. The van der Waals surface area contributed by atoms with Gasteiger partial charge in [-0.2, -0.15) is 0 Å². The second kappa shape index (κ2) is 5.33. The number of hydroxylamine groups is 1. The Morgan fingerprint density at radius 3 is 2.89 bits per heavy atom. The van der Waals surface area contributed by atoms with Gasteiger partial charge in [-0.25, -0.2) is 10.3 Å². The second-order valence-electron chi connectivity index (χ2n) is 1.28. The Hall–Kier alpha value is -0.810. The molecule has 0 spiro atoms. The van der Waals surface area contributed by atoms with Crippen LogP contribution in [0.3, 0.4) is 0 Å². The molecule has 0 heterocycles. The average molecular weight is 134 g/mol. The van der Waals surface area contributed by atoms with Gasteiger partial charge in [0.05, 0.1) is 6.61 Å². The molecule has 0 aliphatic carbocycles. The summed E-state index contributed by atoms with van der Waals surface area (Å²) < 4.78 is 0. The Kier molecular flexibility index (Phi) is 4.85. The molecule has 5 nitrogen and oxygen atoms in total. The number of hydrogen-bond acceptors (Lipinski definition) is 3. The molecule has 0 unspecified atom stereocenters. The second-order valence-corrected chi connectivity index (χ2v) is 1.28. The summed E-state index contributed by atoms with van der Waals surface area (Å²) in [5.74, 6) is 0. The normalized spacial score (nSPS) is 9.00. The van der Waals surface area contributed by atoms with E-state index in [1.54, 1.807) is 7.05 Å². The highest BCUT2D eigenvalue weighted by Crippen LogP contribution is 1.63. The molecular weight excluding hydrogens is 124 g/mol. The van der Waals surface area contributed by atoms with Crippen molar-refractivity contribution in [1.29, 1.82) is 0 Å². The van der Waals surface area contributed by atoms with Gasteiger partial charge in [0.15, 0.2) is 0 Å². The minimum atomic E-state index is -1.03. The smallest absolute Gasteiger partial charge is 0.404 e. The third kappa shape index (κ3) is 7.19. The summed E-state index contributed by atoms with van der Waals surface area (Å²) >= 11 is 0. The molecule has 0 atom stereocenters. The first-order chi connectivity index (χ1) is 4.27. The Bertz CT molecular complexity index is 85.9. The van der Waals surface area contributed by atoms with Crippen molar-refractivity contribution in [2.75, 3.05) is 20.2 Å². The first-order valence-corrected chi connectivity index (χ1v) is 2.52. The third-order valence-corrected chi connectivity index (χ3v) is 0.625. The summed E-state index contributed by atoms with van der Waals surface area (Å²) in [4.78, 5) is 14.4. The minimum absolute atomic E-state index is 0.302. The van der Waals surface area contributed by atoms with Crippen LogP contribution in [0.2, 0.25) is 0 Å². The SMILES string of the molecule is CNOCCNC(=O)O. The van der Waals surface area contributed by atoms with Crippen LogP contribution in [0.25, 0.3) is 0 Å². The molecule has 0 rings (SSSR count). The highest BCUT2D eigenvalue weighted by atomic mass is 16.6. The van der Waals surface area contributed by atoms with E-state index in [0.717, 1.165) is 0 Å². The van der Waals surface area contributed by atoms with Crippen molar-refractivity contribution in [2.45, 2.75) is 0 Å². The van der Waals surface area contributed by atoms with Gasteiger partial charge in [-0.05, 0) is 0 Å². The molecule has 0 saturated heterocycles. The fourth-order valence-electron chi connectivity index (χ4n) is 0.311. The van der Waals surface area contributed by atoms with Gasteiger partial charge < -0.3 is 15.3 Å². The third-order valence-electron chi connectivity index (χ3n) is 0.625. The summed E-state index contributed by atoms with van der Waals surface area (Å²) in [6.45, 7) is 0.638. The summed E-state index contributed by atoms with van der Waals surface area (Å²) in [6.07, 6.45) is -1.03. The number of nitrogens with one attached hydrogen (secondary N) is 2. The maximum Gasteiger partial charge on any atom is 0.404 e. The van der Waals surface area contributed by atoms with Crippen LogP contribution in [0, 0.1) is 0 Å². The first-order valence-electron chi connectivity index (χ1n) is 2.52. The molecule has 9 heavy (non-hydrogen) atoms. The van der Waals surface area contributed by atoms with Gasteiger partial charge in [0.2, 0.25) is 0 Å². The lowest BCUT2D eigenvalue weighted by Gasteiger charge is -1.99. The van der Waals surface area contributed by atoms with Crippen LogP contribution < -0.4 is 10.8 Å². The van der Waals surface area contributed by atoms with E-state index in [1.165, 1.54) is 0 Å². The number of hydrogen-bond donors (Lipinski definition) is 3. The topological polar surface area (TPSA) is 70.6 Å². The van der Waals surface area contributed by atoms with E-state index >= 15 is 0 Å². The summed E-state index contributed by atoms with van der Waals surface area (Å²) in [5, 5.41) is 10.2. The van der Waals surface area contributed by atoms with Gasteiger partial charge in [0.1, 0.15) is 0 Å². The van der Waals surface area contributed by atoms with Crippen LogP contribution in [0.15, 0.2) is 0 Å². The van der Waals surface area contributed by atoms with E-state index in [1.807, 2.05) is 0 Å². The van der Waals surface area contributed by atoms with E-state index < -0.39 is 6.09 Å². The van der Waals surface area contributed by atoms with Crippen LogP contribution in [0.5, 0.6) is 0 Å². The zero-order chi connectivity index (χ0) is 7.11. The Morgan fingerprint density at radius 1 is 1.78 bits per heavy atom. The fourth-order valence-corrected chi connectivity index (χ4v) is 0.311. The molecule has 0 bridgehead atoms. The lowest BCUT2D eigenvalue weighted by Crippen LogP contribution is -2.26. The van der Waals surface area contributed by atoms with Crippen molar-refractivity contribution < 1.29 is 14.7 Å². The molecule has 0 radical (unpaired) electrons. The van der Waals surface area contributed by atoms with Crippen molar-refractivity contribution in [3.8, 4) is 0 Å². The lowest BCUT2D eigenvalue weighted by molar-refractivity contribution is 0.0599. The molecule has 5 heteroatoms. The van der Waals surface area contributed by atoms with E-state index in [2.05, 4.69) is 15.6 Å². The van der Waals surface area contributed by atoms with Gasteiger partial charge >= 0.3 is 6.09 Å². The average Bonchev–Trinajstić information content (AvgIpc) is 1.80. The van der Waals surface area contributed by atoms with Crippen molar-refractivity contribution in [3.05, 3.63) is 0 Å². The lowest BCUT2D eigenvalue weighted by atomic mass is 10.7. The Labute approximate surface area is 53.0 Å². The molecule has 0 aromatic heterocycles. The molecule has 0 saturated carbocycles. The van der Waals surface area contributed by atoms with E-state index in [9.17, 15) is 4.79 Å². The number of carboxylic acid groups (broad SMARTS) is 1. The van der Waals surface area contributed by atoms with E-state index in [0.29, 0.717) is 13.2 Å². The number of amides is 1. The summed E-state index contributed by atoms with van der Waals surface area (Å²) in [5.41, 5.74) is 2.41. The molecule has 0 aromatic carbocycles. The van der Waals surface area contributed by atoms with Crippen molar-refractivity contribution in [1.82, 2.24) is 10.8 Å². The first kappa shape index (κ1) is 8.19. The summed E-state index contributed by atoms with van der Waals surface area (Å²) in [7, 11) is 1.61. The van der Waals surface area contributed by atoms with Crippen molar-refractivity contribution >= 4 is 6.09 Å². The zero-order valence-corrected chi connectivity index (χ0v) is 5.18. The van der Waals surface area contributed by atoms with Crippen LogP contribution in [-0.4, -0.2) is 31.4 Å². The molecule has 3 N–H and O–H groups in total. The molecule has 0 aliphatic rings. The van der Waals surface area contributed by atoms with Gasteiger partial charge in [-0.3, -0.25) is 0 Å². The van der Waals surface area contributed by atoms with Gasteiger partial charge in [0.25, 0.3) is 0 Å². The molecule has 1 amide bonds. The number of rotatable bonds is 4. The maximum atomic E-state index is 9.78. The molecule has 54 valence electrons. The molecule has 0 aromatic rings. The van der Waals surface area contributed by atoms with Crippen LogP contribution in [0.4, 0.5) is 4.79 Å². The molecular formula is C4H10N2O3. The van der Waals surface area contributed by atoms with Crippen LogP contribution >= 0.6 is 0 Å². The molecule has 0 fully saturated rings. The van der Waals surface area contributed by atoms with Crippen molar-refractivity contribution in [2.24, 2.45) is 0 Å². The minimum Gasteiger partial charge on any atom is -0.465 e. The Morgan fingerprint density at radius 2 is 2.44 bits per heavy atom. The van der Waals surface area contributed by atoms with Crippen LogP contribution in [-0.2, 0) is 4.84 Å². The van der Waals surface area contributed by atoms with Crippen molar-refractivity contribution in [3.63, 3.8) is 0 Å². The highest BCUT2D eigenvalue weighted by Gasteiger charge is 1.90. The largest absolute Gasteiger partial charge is 0.465 e. The maximum absolute atomic E-state index is 9.78. The standard InChI is InChI=1S/C4H10N2O3/c1-5-9-3-2-6-4(7)8/h5-6H,2-3H2,1H3,(H,7,8). The number of carbonyl (C=O) groups is 1. The van der Waals surface area contributed by atoms with E-state index in [-0.39, 0.29) is 0 Å². The van der Waals surface area contributed by atoms with Gasteiger partial charge in [-0.15, -0.1) is 0 Å². The predicted molar refractivity (Wildman–Crippen MR) is 31.0 cm³/mol.